The van der Waals surface area contributed by atoms with Crippen LogP contribution in [0.15, 0.2) is 83.3 Å². The lowest BCUT2D eigenvalue weighted by Crippen LogP contribution is -1.94. The van der Waals surface area contributed by atoms with E-state index in [1.54, 1.807) is 4.52 Å². The van der Waals surface area contributed by atoms with Crippen LogP contribution in [0.1, 0.15) is 11.1 Å². The van der Waals surface area contributed by atoms with Crippen molar-refractivity contribution in [3.05, 3.63) is 90.0 Å². The monoisotopic (exact) mass is 438 g/mol. The molecule has 7 heteroatoms. The fourth-order valence-corrected chi connectivity index (χ4v) is 4.54. The molecule has 0 bridgehead atoms. The van der Waals surface area contributed by atoms with Gasteiger partial charge in [0.2, 0.25) is 10.8 Å². The molecule has 3 heterocycles. The maximum atomic E-state index is 6.07. The van der Waals surface area contributed by atoms with E-state index in [2.05, 4.69) is 22.3 Å². The van der Waals surface area contributed by atoms with Crippen molar-refractivity contribution in [2.75, 3.05) is 0 Å². The van der Waals surface area contributed by atoms with Crippen LogP contribution in [-0.4, -0.2) is 19.8 Å². The van der Waals surface area contributed by atoms with Gasteiger partial charge in [0, 0.05) is 16.5 Å². The van der Waals surface area contributed by atoms with Crippen molar-refractivity contribution in [1.29, 1.82) is 0 Å². The van der Waals surface area contributed by atoms with E-state index in [0.29, 0.717) is 18.2 Å². The number of para-hydroxylation sites is 1. The maximum absolute atomic E-state index is 6.07. The predicted molar refractivity (Wildman–Crippen MR) is 125 cm³/mol. The Kier molecular flexibility index (Phi) is 4.47. The minimum absolute atomic E-state index is 0.539. The molecule has 6 rings (SSSR count). The number of nitrogens with zero attached hydrogens (tertiary/aromatic N) is 4. The average Bonchev–Trinajstić information content (AvgIpc) is 3.52. The van der Waals surface area contributed by atoms with Crippen molar-refractivity contribution >= 4 is 27.3 Å². The van der Waals surface area contributed by atoms with Gasteiger partial charge in [0.1, 0.15) is 22.9 Å². The molecule has 0 radical (unpaired) electrons. The molecule has 0 unspecified atom stereocenters. The van der Waals surface area contributed by atoms with Crippen molar-refractivity contribution in [3.63, 3.8) is 0 Å². The molecule has 0 atom stereocenters. The van der Waals surface area contributed by atoms with Gasteiger partial charge in [-0.2, -0.15) is 9.61 Å². The van der Waals surface area contributed by atoms with Crippen molar-refractivity contribution in [2.24, 2.45) is 0 Å². The zero-order chi connectivity index (χ0) is 21.5. The van der Waals surface area contributed by atoms with Crippen LogP contribution in [0.3, 0.4) is 0 Å². The van der Waals surface area contributed by atoms with Gasteiger partial charge in [-0.05, 0) is 42.8 Å². The van der Waals surface area contributed by atoms with E-state index in [1.807, 2.05) is 73.7 Å². The molecule has 0 aliphatic heterocycles. The summed E-state index contributed by atoms with van der Waals surface area (Å²) < 4.78 is 13.7. The van der Waals surface area contributed by atoms with E-state index in [0.717, 1.165) is 43.4 Å². The quantitative estimate of drug-likeness (QED) is 0.323. The van der Waals surface area contributed by atoms with Gasteiger partial charge in [-0.15, -0.1) is 10.2 Å². The van der Waals surface area contributed by atoms with E-state index >= 15 is 0 Å². The number of ether oxygens (including phenoxy) is 1. The molecular weight excluding hydrogens is 420 g/mol. The van der Waals surface area contributed by atoms with Gasteiger partial charge in [0.25, 0.3) is 0 Å². The van der Waals surface area contributed by atoms with Crippen LogP contribution in [0.5, 0.6) is 5.75 Å². The number of rotatable bonds is 5. The highest BCUT2D eigenvalue weighted by Gasteiger charge is 2.20. The highest BCUT2D eigenvalue weighted by Crippen LogP contribution is 2.34. The van der Waals surface area contributed by atoms with Crippen LogP contribution in [0.25, 0.3) is 38.1 Å². The summed E-state index contributed by atoms with van der Waals surface area (Å²) in [5, 5.41) is 15.3. The zero-order valence-corrected chi connectivity index (χ0v) is 18.0. The van der Waals surface area contributed by atoms with Gasteiger partial charge in [0.15, 0.2) is 5.76 Å². The van der Waals surface area contributed by atoms with Crippen molar-refractivity contribution in [1.82, 2.24) is 19.8 Å². The number of aromatic nitrogens is 4. The average molecular weight is 439 g/mol. The third kappa shape index (κ3) is 3.23. The van der Waals surface area contributed by atoms with Crippen molar-refractivity contribution in [3.8, 4) is 27.9 Å². The fraction of sp³-hybridized carbons (Fsp3) is 0.0800. The lowest BCUT2D eigenvalue weighted by Gasteiger charge is -2.06. The molecule has 0 fully saturated rings. The van der Waals surface area contributed by atoms with E-state index in [1.165, 1.54) is 11.3 Å². The molecule has 6 nitrogen and oxygen atoms in total. The number of fused-ring (bicyclic) bond motifs is 2. The third-order valence-corrected chi connectivity index (χ3v) is 6.34. The normalized spacial score (nSPS) is 11.4. The van der Waals surface area contributed by atoms with Crippen LogP contribution >= 0.6 is 11.3 Å². The summed E-state index contributed by atoms with van der Waals surface area (Å²) in [7, 11) is 0. The second-order valence-electron chi connectivity index (χ2n) is 7.48. The Hall–Kier alpha value is -3.97. The van der Waals surface area contributed by atoms with Crippen molar-refractivity contribution < 1.29 is 9.15 Å². The van der Waals surface area contributed by atoms with Crippen LogP contribution in [-0.2, 0) is 6.61 Å². The second-order valence-corrected chi connectivity index (χ2v) is 8.43. The first-order valence-electron chi connectivity index (χ1n) is 10.2. The Morgan fingerprint density at radius 3 is 2.50 bits per heavy atom. The molecule has 156 valence electrons. The summed E-state index contributed by atoms with van der Waals surface area (Å²) in [5.74, 6) is 2.12. The summed E-state index contributed by atoms with van der Waals surface area (Å²) in [6, 6.07) is 26.0. The number of hydrogen-bond donors (Lipinski definition) is 0. The zero-order valence-electron chi connectivity index (χ0n) is 17.2. The molecule has 0 aliphatic rings. The molecule has 0 saturated heterocycles. The van der Waals surface area contributed by atoms with Gasteiger partial charge >= 0.3 is 0 Å². The van der Waals surface area contributed by atoms with Crippen LogP contribution in [0.4, 0.5) is 0 Å². The largest absolute Gasteiger partial charge is 0.489 e. The van der Waals surface area contributed by atoms with Gasteiger partial charge < -0.3 is 9.15 Å². The summed E-state index contributed by atoms with van der Waals surface area (Å²) in [6.45, 7) is 2.57. The number of aryl methyl sites for hydroxylation is 1. The predicted octanol–water partition coefficient (Wildman–Crippen LogP) is 6.15. The Morgan fingerprint density at radius 2 is 1.69 bits per heavy atom. The van der Waals surface area contributed by atoms with E-state index < -0.39 is 0 Å². The first kappa shape index (κ1) is 18.8. The fourth-order valence-electron chi connectivity index (χ4n) is 3.70. The molecule has 0 amide bonds. The second kappa shape index (κ2) is 7.62. The van der Waals surface area contributed by atoms with E-state index in [9.17, 15) is 0 Å². The van der Waals surface area contributed by atoms with Gasteiger partial charge in [-0.25, -0.2) is 0 Å². The SMILES string of the molecule is Cc1c(-c2nnc3sc(-c4ccc(OCc5ccccc5)cc4)nn23)oc2ccccc12. The standard InChI is InChI=1S/C25H18N4O2S/c1-16-20-9-5-6-10-21(20)31-22(16)23-26-27-25-29(23)28-24(32-25)18-11-13-19(14-12-18)30-15-17-7-3-2-4-8-17/h2-14H,15H2,1H3. The van der Waals surface area contributed by atoms with Gasteiger partial charge in [0.05, 0.1) is 0 Å². The Balaban J connectivity index is 1.29. The Labute approximate surface area is 187 Å². The number of furan rings is 1. The molecule has 0 N–H and O–H groups in total. The summed E-state index contributed by atoms with van der Waals surface area (Å²) in [4.78, 5) is 0.722. The third-order valence-electron chi connectivity index (χ3n) is 5.39. The molecule has 0 aliphatic carbocycles. The minimum Gasteiger partial charge on any atom is -0.489 e. The van der Waals surface area contributed by atoms with Crippen LogP contribution < -0.4 is 4.74 Å². The van der Waals surface area contributed by atoms with Crippen LogP contribution in [0.2, 0.25) is 0 Å². The summed E-state index contributed by atoms with van der Waals surface area (Å²) in [5.41, 5.74) is 4.00. The maximum Gasteiger partial charge on any atom is 0.235 e. The molecule has 3 aromatic heterocycles. The first-order valence-corrected chi connectivity index (χ1v) is 11.1. The molecular formula is C25H18N4O2S. The molecule has 3 aromatic carbocycles. The highest BCUT2D eigenvalue weighted by molar-refractivity contribution is 7.19. The van der Waals surface area contributed by atoms with Crippen LogP contribution in [0, 0.1) is 6.92 Å². The number of hydrogen-bond acceptors (Lipinski definition) is 6. The highest BCUT2D eigenvalue weighted by atomic mass is 32.1. The lowest BCUT2D eigenvalue weighted by molar-refractivity contribution is 0.306. The first-order chi connectivity index (χ1) is 15.8. The Bertz CT molecular complexity index is 1530. The van der Waals surface area contributed by atoms with Crippen molar-refractivity contribution in [2.45, 2.75) is 13.5 Å². The molecule has 6 aromatic rings. The topological polar surface area (TPSA) is 65.5 Å². The number of benzene rings is 3. The molecule has 0 saturated carbocycles. The lowest BCUT2D eigenvalue weighted by atomic mass is 10.1. The smallest absolute Gasteiger partial charge is 0.235 e. The van der Waals surface area contributed by atoms with E-state index in [4.69, 9.17) is 14.3 Å². The Morgan fingerprint density at radius 1 is 0.906 bits per heavy atom. The summed E-state index contributed by atoms with van der Waals surface area (Å²) in [6.07, 6.45) is 0. The minimum atomic E-state index is 0.539. The van der Waals surface area contributed by atoms with E-state index in [-0.39, 0.29) is 0 Å². The molecule has 0 spiro atoms. The van der Waals surface area contributed by atoms with Gasteiger partial charge in [-0.1, -0.05) is 59.9 Å². The molecule has 32 heavy (non-hydrogen) atoms. The van der Waals surface area contributed by atoms with Gasteiger partial charge in [-0.3, -0.25) is 0 Å². The summed E-state index contributed by atoms with van der Waals surface area (Å²) >= 11 is 1.49.